The van der Waals surface area contributed by atoms with Crippen LogP contribution in [0.3, 0.4) is 0 Å². The Balaban J connectivity index is 1.94. The molecule has 1 spiro atoms. The van der Waals surface area contributed by atoms with E-state index in [1.54, 1.807) is 6.07 Å². The first-order valence-electron chi connectivity index (χ1n) is 6.79. The van der Waals surface area contributed by atoms with Crippen molar-refractivity contribution in [3.63, 3.8) is 0 Å². The molecule has 0 radical (unpaired) electrons. The average Bonchev–Trinajstić information content (AvgIpc) is 2.28. The minimum Gasteiger partial charge on any atom is -0.487 e. The Hall–Kier alpha value is -1.13. The molecule has 2 aliphatic rings. The zero-order valence-corrected chi connectivity index (χ0v) is 11.2. The molecule has 3 nitrogen and oxygen atoms in total. The van der Waals surface area contributed by atoms with Crippen LogP contribution in [0.5, 0.6) is 5.75 Å². The van der Waals surface area contributed by atoms with Gasteiger partial charge in [-0.2, -0.15) is 0 Å². The van der Waals surface area contributed by atoms with Crippen molar-refractivity contribution in [2.24, 2.45) is 0 Å². The van der Waals surface area contributed by atoms with Crippen LogP contribution < -0.4 is 4.74 Å². The normalized spacial score (nSPS) is 37.8. The molecule has 3 rings (SSSR count). The second kappa shape index (κ2) is 4.46. The molecule has 0 aromatic heterocycles. The van der Waals surface area contributed by atoms with Crippen molar-refractivity contribution in [3.8, 4) is 5.75 Å². The van der Waals surface area contributed by atoms with Gasteiger partial charge < -0.3 is 14.6 Å². The molecule has 0 aliphatic carbocycles. The van der Waals surface area contributed by atoms with E-state index < -0.39 is 6.10 Å². The van der Waals surface area contributed by atoms with Gasteiger partial charge in [-0.3, -0.25) is 0 Å². The minimum atomic E-state index is -0.669. The van der Waals surface area contributed by atoms with Crippen LogP contribution in [-0.4, -0.2) is 22.9 Å². The topological polar surface area (TPSA) is 38.7 Å². The van der Waals surface area contributed by atoms with Crippen molar-refractivity contribution in [2.45, 2.75) is 57.0 Å². The highest BCUT2D eigenvalue weighted by molar-refractivity contribution is 5.38. The average molecular weight is 266 g/mol. The zero-order valence-electron chi connectivity index (χ0n) is 11.2. The third-order valence-electron chi connectivity index (χ3n) is 4.01. The van der Waals surface area contributed by atoms with Gasteiger partial charge in [-0.05, 0) is 32.0 Å². The molecule has 1 N–H and O–H groups in total. The number of rotatable bonds is 0. The van der Waals surface area contributed by atoms with E-state index in [-0.39, 0.29) is 23.6 Å². The first-order chi connectivity index (χ1) is 8.97. The fraction of sp³-hybridized carbons (Fsp3) is 0.600. The lowest BCUT2D eigenvalue weighted by Gasteiger charge is -2.46. The number of aliphatic hydroxyl groups excluding tert-OH is 1. The van der Waals surface area contributed by atoms with E-state index in [9.17, 15) is 9.50 Å². The van der Waals surface area contributed by atoms with Gasteiger partial charge in [0, 0.05) is 24.8 Å². The van der Waals surface area contributed by atoms with Gasteiger partial charge in [0.1, 0.15) is 17.2 Å². The van der Waals surface area contributed by atoms with Gasteiger partial charge in [0.05, 0.1) is 18.3 Å². The van der Waals surface area contributed by atoms with Crippen molar-refractivity contribution in [3.05, 3.63) is 29.6 Å². The van der Waals surface area contributed by atoms with Crippen molar-refractivity contribution in [1.82, 2.24) is 0 Å². The number of aliphatic hydroxyl groups is 1. The smallest absolute Gasteiger partial charge is 0.126 e. The second-order valence-corrected chi connectivity index (χ2v) is 5.85. The summed E-state index contributed by atoms with van der Waals surface area (Å²) < 4.78 is 25.1. The Morgan fingerprint density at radius 1 is 1.21 bits per heavy atom. The summed E-state index contributed by atoms with van der Waals surface area (Å²) >= 11 is 0. The fourth-order valence-electron chi connectivity index (χ4n) is 3.48. The first-order valence-corrected chi connectivity index (χ1v) is 6.79. The molecule has 1 fully saturated rings. The SMILES string of the molecule is CC1CC2(CC(C)O1)CC(O)c1cc(F)ccc1O2. The Labute approximate surface area is 112 Å². The Kier molecular flexibility index (Phi) is 3.02. The van der Waals surface area contributed by atoms with Gasteiger partial charge in [-0.15, -0.1) is 0 Å². The maximum absolute atomic E-state index is 13.2. The van der Waals surface area contributed by atoms with E-state index in [0.29, 0.717) is 17.7 Å². The van der Waals surface area contributed by atoms with E-state index in [1.807, 2.05) is 13.8 Å². The van der Waals surface area contributed by atoms with E-state index in [2.05, 4.69) is 0 Å². The van der Waals surface area contributed by atoms with E-state index in [1.165, 1.54) is 12.1 Å². The highest BCUT2D eigenvalue weighted by Gasteiger charge is 2.45. The summed E-state index contributed by atoms with van der Waals surface area (Å²) in [5.41, 5.74) is 0.166. The Bertz CT molecular complexity index is 478. The number of hydrogen-bond acceptors (Lipinski definition) is 3. The van der Waals surface area contributed by atoms with Gasteiger partial charge in [0.2, 0.25) is 0 Å². The summed E-state index contributed by atoms with van der Waals surface area (Å²) in [6.07, 6.45) is 1.56. The molecule has 1 aromatic rings. The molecule has 0 bridgehead atoms. The van der Waals surface area contributed by atoms with Crippen LogP contribution in [0, 0.1) is 5.82 Å². The summed E-state index contributed by atoms with van der Waals surface area (Å²) in [7, 11) is 0. The van der Waals surface area contributed by atoms with Crippen LogP contribution in [0.15, 0.2) is 18.2 Å². The number of benzene rings is 1. The largest absolute Gasteiger partial charge is 0.487 e. The first kappa shape index (κ1) is 12.9. The molecular formula is C15H19FO3. The predicted octanol–water partition coefficient (Wildman–Crippen LogP) is 2.97. The molecule has 2 heterocycles. The zero-order chi connectivity index (χ0) is 13.6. The van der Waals surface area contributed by atoms with Gasteiger partial charge in [0.15, 0.2) is 0 Å². The molecule has 3 atom stereocenters. The van der Waals surface area contributed by atoms with Crippen LogP contribution in [0.1, 0.15) is 44.8 Å². The van der Waals surface area contributed by atoms with Crippen LogP contribution in [0.25, 0.3) is 0 Å². The molecule has 19 heavy (non-hydrogen) atoms. The van der Waals surface area contributed by atoms with Crippen molar-refractivity contribution < 1.29 is 19.0 Å². The van der Waals surface area contributed by atoms with Gasteiger partial charge in [0.25, 0.3) is 0 Å². The summed E-state index contributed by atoms with van der Waals surface area (Å²) in [6.45, 7) is 4.04. The van der Waals surface area contributed by atoms with Crippen LogP contribution in [0.4, 0.5) is 4.39 Å². The number of hydrogen-bond donors (Lipinski definition) is 1. The third kappa shape index (κ3) is 2.35. The summed E-state index contributed by atoms with van der Waals surface area (Å²) in [5, 5.41) is 10.3. The van der Waals surface area contributed by atoms with Crippen molar-refractivity contribution in [1.29, 1.82) is 0 Å². The third-order valence-corrected chi connectivity index (χ3v) is 4.01. The van der Waals surface area contributed by atoms with Crippen molar-refractivity contribution in [2.75, 3.05) is 0 Å². The molecule has 104 valence electrons. The maximum Gasteiger partial charge on any atom is 0.126 e. The molecule has 3 unspecified atom stereocenters. The summed E-state index contributed by atoms with van der Waals surface area (Å²) in [6, 6.07) is 4.34. The molecule has 0 saturated carbocycles. The van der Waals surface area contributed by atoms with E-state index in [4.69, 9.17) is 9.47 Å². The molecule has 0 amide bonds. The lowest BCUT2D eigenvalue weighted by Crippen LogP contribution is -2.50. The van der Waals surface area contributed by atoms with Crippen LogP contribution >= 0.6 is 0 Å². The van der Waals surface area contributed by atoms with Crippen LogP contribution in [-0.2, 0) is 4.74 Å². The lowest BCUT2D eigenvalue weighted by molar-refractivity contribution is -0.140. The van der Waals surface area contributed by atoms with Crippen molar-refractivity contribution >= 4 is 0 Å². The van der Waals surface area contributed by atoms with Gasteiger partial charge >= 0.3 is 0 Å². The minimum absolute atomic E-state index is 0.109. The van der Waals surface area contributed by atoms with Gasteiger partial charge in [-0.1, -0.05) is 0 Å². The second-order valence-electron chi connectivity index (χ2n) is 5.85. The highest BCUT2D eigenvalue weighted by Crippen LogP contribution is 2.46. The van der Waals surface area contributed by atoms with E-state index in [0.717, 1.165) is 12.8 Å². The molecule has 2 aliphatic heterocycles. The predicted molar refractivity (Wildman–Crippen MR) is 68.6 cm³/mol. The number of fused-ring (bicyclic) bond motifs is 1. The van der Waals surface area contributed by atoms with Gasteiger partial charge in [-0.25, -0.2) is 4.39 Å². The molecule has 1 aromatic carbocycles. The summed E-state index contributed by atoms with van der Waals surface area (Å²) in [5.74, 6) is 0.257. The molecular weight excluding hydrogens is 247 g/mol. The fourth-order valence-corrected chi connectivity index (χ4v) is 3.48. The molecule has 4 heteroatoms. The highest BCUT2D eigenvalue weighted by atomic mass is 19.1. The maximum atomic E-state index is 13.2. The monoisotopic (exact) mass is 266 g/mol. The quantitative estimate of drug-likeness (QED) is 0.784. The number of ether oxygens (including phenoxy) is 2. The standard InChI is InChI=1S/C15H19FO3/c1-9-6-15(7-10(2)18-9)8-13(17)12-5-11(16)3-4-14(12)19-15/h3-5,9-10,13,17H,6-8H2,1-2H3. The summed E-state index contributed by atoms with van der Waals surface area (Å²) in [4.78, 5) is 0. The Morgan fingerprint density at radius 2 is 1.89 bits per heavy atom. The lowest BCUT2D eigenvalue weighted by atomic mass is 9.79. The van der Waals surface area contributed by atoms with Crippen LogP contribution in [0.2, 0.25) is 0 Å². The Morgan fingerprint density at radius 3 is 2.58 bits per heavy atom. The number of halogens is 1. The van der Waals surface area contributed by atoms with E-state index >= 15 is 0 Å². The molecule has 1 saturated heterocycles.